The Hall–Kier alpha value is -2.99. The van der Waals surface area contributed by atoms with E-state index >= 15 is 0 Å². The second-order valence-corrected chi connectivity index (χ2v) is 7.48. The van der Waals surface area contributed by atoms with Crippen molar-refractivity contribution in [3.63, 3.8) is 0 Å². The van der Waals surface area contributed by atoms with Crippen LogP contribution in [0.1, 0.15) is 41.9 Å². The standard InChI is InChI=1S/C22H22ClN3O3/c1-4-13(2)24-19(27)12-26-11-18(20(28)15-6-5-7-16(23)10-15)21(29)17-9-8-14(3)25-22(17)26/h5-11,13H,4,12H2,1-3H3,(H,24,27). The fourth-order valence-corrected chi connectivity index (χ4v) is 3.19. The van der Waals surface area contributed by atoms with E-state index < -0.39 is 11.2 Å². The Kier molecular flexibility index (Phi) is 6.13. The molecule has 0 aliphatic carbocycles. The van der Waals surface area contributed by atoms with E-state index in [1.54, 1.807) is 41.8 Å². The number of nitrogens with zero attached hydrogens (tertiary/aromatic N) is 2. The lowest BCUT2D eigenvalue weighted by Crippen LogP contribution is -2.35. The molecular weight excluding hydrogens is 390 g/mol. The second-order valence-electron chi connectivity index (χ2n) is 7.04. The number of fused-ring (bicyclic) bond motifs is 1. The van der Waals surface area contributed by atoms with Crippen LogP contribution in [0.15, 0.2) is 47.4 Å². The van der Waals surface area contributed by atoms with Gasteiger partial charge < -0.3 is 9.88 Å². The predicted molar refractivity (Wildman–Crippen MR) is 114 cm³/mol. The summed E-state index contributed by atoms with van der Waals surface area (Å²) in [4.78, 5) is 42.9. The summed E-state index contributed by atoms with van der Waals surface area (Å²) in [6.45, 7) is 5.65. The van der Waals surface area contributed by atoms with Crippen molar-refractivity contribution < 1.29 is 9.59 Å². The van der Waals surface area contributed by atoms with Crippen molar-refractivity contribution in [3.8, 4) is 0 Å². The monoisotopic (exact) mass is 411 g/mol. The lowest BCUT2D eigenvalue weighted by molar-refractivity contribution is -0.122. The molecule has 150 valence electrons. The molecule has 1 amide bonds. The Bertz CT molecular complexity index is 1150. The summed E-state index contributed by atoms with van der Waals surface area (Å²) in [5.41, 5.74) is 0.946. The van der Waals surface area contributed by atoms with Crippen molar-refractivity contribution in [2.24, 2.45) is 0 Å². The molecule has 7 heteroatoms. The van der Waals surface area contributed by atoms with Crippen molar-refractivity contribution in [2.75, 3.05) is 0 Å². The first-order chi connectivity index (χ1) is 13.8. The molecule has 29 heavy (non-hydrogen) atoms. The summed E-state index contributed by atoms with van der Waals surface area (Å²) >= 11 is 5.99. The van der Waals surface area contributed by atoms with Crippen LogP contribution < -0.4 is 10.7 Å². The first-order valence-corrected chi connectivity index (χ1v) is 9.78. The zero-order valence-electron chi connectivity index (χ0n) is 16.5. The number of benzene rings is 1. The van der Waals surface area contributed by atoms with E-state index in [9.17, 15) is 14.4 Å². The number of hydrogen-bond acceptors (Lipinski definition) is 4. The van der Waals surface area contributed by atoms with Crippen molar-refractivity contribution in [1.82, 2.24) is 14.9 Å². The molecule has 2 heterocycles. The number of pyridine rings is 2. The first kappa shape index (κ1) is 20.7. The van der Waals surface area contributed by atoms with Gasteiger partial charge in [0.1, 0.15) is 12.2 Å². The van der Waals surface area contributed by atoms with E-state index in [1.165, 1.54) is 12.3 Å². The van der Waals surface area contributed by atoms with E-state index in [-0.39, 0.29) is 24.1 Å². The molecule has 0 bridgehead atoms. The van der Waals surface area contributed by atoms with Gasteiger partial charge in [0.25, 0.3) is 0 Å². The van der Waals surface area contributed by atoms with Crippen LogP contribution in [0, 0.1) is 6.92 Å². The minimum absolute atomic E-state index is 0.0235. The maximum Gasteiger partial charge on any atom is 0.240 e. The van der Waals surface area contributed by atoms with Gasteiger partial charge in [0.2, 0.25) is 11.3 Å². The van der Waals surface area contributed by atoms with Crippen LogP contribution in [-0.4, -0.2) is 27.3 Å². The van der Waals surface area contributed by atoms with Crippen molar-refractivity contribution >= 4 is 34.3 Å². The second kappa shape index (κ2) is 8.57. The third kappa shape index (κ3) is 4.54. The molecule has 3 aromatic rings. The molecule has 1 unspecified atom stereocenters. The van der Waals surface area contributed by atoms with Gasteiger partial charge in [0.05, 0.1) is 10.9 Å². The molecule has 0 aliphatic rings. The average Bonchev–Trinajstić information content (AvgIpc) is 2.69. The molecule has 0 saturated carbocycles. The normalized spacial score (nSPS) is 12.0. The van der Waals surface area contributed by atoms with Crippen LogP contribution in [-0.2, 0) is 11.3 Å². The number of hydrogen-bond donors (Lipinski definition) is 1. The lowest BCUT2D eigenvalue weighted by Gasteiger charge is -2.15. The van der Waals surface area contributed by atoms with E-state index in [0.29, 0.717) is 27.3 Å². The molecule has 1 atom stereocenters. The highest BCUT2D eigenvalue weighted by Gasteiger charge is 2.19. The lowest BCUT2D eigenvalue weighted by atomic mass is 10.0. The Labute approximate surface area is 173 Å². The van der Waals surface area contributed by atoms with Crippen LogP contribution in [0.4, 0.5) is 0 Å². The Morgan fingerprint density at radius 2 is 2.00 bits per heavy atom. The minimum Gasteiger partial charge on any atom is -0.352 e. The van der Waals surface area contributed by atoms with Gasteiger partial charge in [0, 0.05) is 28.5 Å². The van der Waals surface area contributed by atoms with Crippen LogP contribution in [0.5, 0.6) is 0 Å². The number of aryl methyl sites for hydroxylation is 1. The highest BCUT2D eigenvalue weighted by Crippen LogP contribution is 2.16. The number of amides is 1. The molecule has 1 N–H and O–H groups in total. The van der Waals surface area contributed by atoms with Crippen LogP contribution in [0.3, 0.4) is 0 Å². The third-order valence-corrected chi connectivity index (χ3v) is 4.96. The molecule has 0 aliphatic heterocycles. The summed E-state index contributed by atoms with van der Waals surface area (Å²) < 4.78 is 1.55. The average molecular weight is 412 g/mol. The molecular formula is C22H22ClN3O3. The van der Waals surface area contributed by atoms with Crippen LogP contribution >= 0.6 is 11.6 Å². The van der Waals surface area contributed by atoms with Crippen molar-refractivity contribution in [1.29, 1.82) is 0 Å². The van der Waals surface area contributed by atoms with E-state index in [0.717, 1.165) is 6.42 Å². The number of carbonyl (C=O) groups excluding carboxylic acids is 2. The SMILES string of the molecule is CCC(C)NC(=O)Cn1cc(C(=O)c2cccc(Cl)c2)c(=O)c2ccc(C)nc21. The number of ketones is 1. The van der Waals surface area contributed by atoms with Crippen LogP contribution in [0.2, 0.25) is 5.02 Å². The van der Waals surface area contributed by atoms with Crippen LogP contribution in [0.25, 0.3) is 11.0 Å². The van der Waals surface area contributed by atoms with Gasteiger partial charge >= 0.3 is 0 Å². The summed E-state index contributed by atoms with van der Waals surface area (Å²) in [6.07, 6.45) is 2.21. The molecule has 0 radical (unpaired) electrons. The smallest absolute Gasteiger partial charge is 0.240 e. The zero-order chi connectivity index (χ0) is 21.1. The summed E-state index contributed by atoms with van der Waals surface area (Å²) in [5.74, 6) is -0.662. The topological polar surface area (TPSA) is 81.1 Å². The van der Waals surface area contributed by atoms with Gasteiger partial charge in [-0.1, -0.05) is 30.7 Å². The number of rotatable bonds is 6. The van der Waals surface area contributed by atoms with E-state index in [4.69, 9.17) is 11.6 Å². The predicted octanol–water partition coefficient (Wildman–Crippen LogP) is 3.50. The maximum atomic E-state index is 13.0. The molecule has 0 fully saturated rings. The number of halogens is 1. The molecule has 6 nitrogen and oxygen atoms in total. The van der Waals surface area contributed by atoms with Crippen molar-refractivity contribution in [2.45, 2.75) is 39.8 Å². The van der Waals surface area contributed by atoms with E-state index in [2.05, 4.69) is 10.3 Å². The Morgan fingerprint density at radius 3 is 2.69 bits per heavy atom. The number of nitrogens with one attached hydrogen (secondary N) is 1. The van der Waals surface area contributed by atoms with Gasteiger partial charge in [-0.2, -0.15) is 0 Å². The quantitative estimate of drug-likeness (QED) is 0.629. The Morgan fingerprint density at radius 1 is 1.24 bits per heavy atom. The summed E-state index contributed by atoms with van der Waals surface area (Å²) in [7, 11) is 0. The third-order valence-electron chi connectivity index (χ3n) is 4.73. The zero-order valence-corrected chi connectivity index (χ0v) is 17.3. The molecule has 1 aromatic carbocycles. The summed E-state index contributed by atoms with van der Waals surface area (Å²) in [6, 6.07) is 9.79. The highest BCUT2D eigenvalue weighted by molar-refractivity contribution is 6.31. The summed E-state index contributed by atoms with van der Waals surface area (Å²) in [5, 5.41) is 3.59. The largest absolute Gasteiger partial charge is 0.352 e. The molecule has 0 spiro atoms. The molecule has 0 saturated heterocycles. The fourth-order valence-electron chi connectivity index (χ4n) is 3.00. The molecule has 3 rings (SSSR count). The number of carbonyl (C=O) groups is 2. The van der Waals surface area contributed by atoms with Gasteiger partial charge in [-0.05, 0) is 44.5 Å². The van der Waals surface area contributed by atoms with Crippen molar-refractivity contribution in [3.05, 3.63) is 74.7 Å². The maximum absolute atomic E-state index is 13.0. The minimum atomic E-state index is -0.448. The van der Waals surface area contributed by atoms with Gasteiger partial charge in [0.15, 0.2) is 5.78 Å². The highest BCUT2D eigenvalue weighted by atomic mass is 35.5. The fraction of sp³-hybridized carbons (Fsp3) is 0.273. The first-order valence-electron chi connectivity index (χ1n) is 9.40. The molecule has 2 aromatic heterocycles. The number of aromatic nitrogens is 2. The van der Waals surface area contributed by atoms with Gasteiger partial charge in [-0.15, -0.1) is 0 Å². The van der Waals surface area contributed by atoms with E-state index in [1.807, 2.05) is 13.8 Å². The van der Waals surface area contributed by atoms with Gasteiger partial charge in [-0.3, -0.25) is 14.4 Å². The van der Waals surface area contributed by atoms with Gasteiger partial charge in [-0.25, -0.2) is 4.98 Å². The Balaban J connectivity index is 2.13.